The number of thiazole rings is 1. The Morgan fingerprint density at radius 3 is 2.50 bits per heavy atom. The summed E-state index contributed by atoms with van der Waals surface area (Å²) in [5.74, 6) is -0.311. The molecule has 1 fully saturated rings. The third-order valence-corrected chi connectivity index (χ3v) is 5.80. The van der Waals surface area contributed by atoms with Gasteiger partial charge in [0.05, 0.1) is 20.3 Å². The molecule has 1 aromatic heterocycles. The van der Waals surface area contributed by atoms with E-state index in [1.54, 1.807) is 12.5 Å². The summed E-state index contributed by atoms with van der Waals surface area (Å²) in [6, 6.07) is 14.9. The van der Waals surface area contributed by atoms with E-state index in [2.05, 4.69) is 15.2 Å². The molecule has 3 aromatic rings. The monoisotopic (exact) mass is 453 g/mol. The van der Waals surface area contributed by atoms with Crippen molar-refractivity contribution in [1.29, 1.82) is 0 Å². The second-order valence-electron chi connectivity index (χ2n) is 7.04. The lowest BCUT2D eigenvalue weighted by Crippen LogP contribution is -2.36. The van der Waals surface area contributed by atoms with Crippen molar-refractivity contribution in [3.8, 4) is 16.3 Å². The lowest BCUT2D eigenvalue weighted by atomic mass is 10.2. The van der Waals surface area contributed by atoms with E-state index in [0.717, 1.165) is 30.1 Å². The van der Waals surface area contributed by atoms with E-state index in [1.165, 1.54) is 11.3 Å². The average Bonchev–Trinajstić information content (AvgIpc) is 3.34. The van der Waals surface area contributed by atoms with Crippen LogP contribution in [-0.4, -0.2) is 56.9 Å². The van der Waals surface area contributed by atoms with E-state index >= 15 is 0 Å². The Kier molecular flexibility index (Phi) is 6.98. The number of amides is 1. The molecule has 2 heterocycles. The lowest BCUT2D eigenvalue weighted by Gasteiger charge is -2.28. The van der Waals surface area contributed by atoms with E-state index in [1.807, 2.05) is 48.5 Å². The van der Waals surface area contributed by atoms with E-state index in [9.17, 15) is 9.59 Å². The van der Waals surface area contributed by atoms with Gasteiger partial charge in [-0.25, -0.2) is 9.78 Å². The summed E-state index contributed by atoms with van der Waals surface area (Å²) in [7, 11) is 1.60. The van der Waals surface area contributed by atoms with Crippen molar-refractivity contribution in [1.82, 2.24) is 4.98 Å². The van der Waals surface area contributed by atoms with Gasteiger partial charge in [-0.15, -0.1) is 11.3 Å². The third-order valence-electron chi connectivity index (χ3n) is 4.91. The van der Waals surface area contributed by atoms with Crippen LogP contribution in [0.25, 0.3) is 10.6 Å². The van der Waals surface area contributed by atoms with Crippen LogP contribution in [0.1, 0.15) is 10.5 Å². The third kappa shape index (κ3) is 5.43. The number of rotatable bonds is 7. The zero-order chi connectivity index (χ0) is 22.3. The highest BCUT2D eigenvalue weighted by Gasteiger charge is 2.16. The summed E-state index contributed by atoms with van der Waals surface area (Å²) < 4.78 is 15.6. The summed E-state index contributed by atoms with van der Waals surface area (Å²) in [5.41, 5.74) is 2.75. The number of aromatic nitrogens is 1. The van der Waals surface area contributed by atoms with Crippen LogP contribution in [-0.2, 0) is 14.3 Å². The van der Waals surface area contributed by atoms with Gasteiger partial charge in [0.15, 0.2) is 12.3 Å². The molecule has 1 saturated heterocycles. The molecular formula is C23H23N3O5S. The van der Waals surface area contributed by atoms with Crippen LogP contribution >= 0.6 is 11.3 Å². The number of carbonyl (C=O) groups excluding carboxylic acids is 2. The van der Waals surface area contributed by atoms with Gasteiger partial charge in [-0.2, -0.15) is 0 Å². The van der Waals surface area contributed by atoms with Gasteiger partial charge in [0.25, 0.3) is 5.91 Å². The Bertz CT molecular complexity index is 1060. The number of benzene rings is 2. The highest BCUT2D eigenvalue weighted by Crippen LogP contribution is 2.26. The van der Waals surface area contributed by atoms with Crippen molar-refractivity contribution in [2.75, 3.05) is 50.2 Å². The summed E-state index contributed by atoms with van der Waals surface area (Å²) in [4.78, 5) is 31.0. The molecule has 8 nitrogen and oxygen atoms in total. The summed E-state index contributed by atoms with van der Waals surface area (Å²) in [6.07, 6.45) is 0. The van der Waals surface area contributed by atoms with Gasteiger partial charge in [-0.1, -0.05) is 0 Å². The number of hydrogen-bond acceptors (Lipinski definition) is 8. The first-order valence-electron chi connectivity index (χ1n) is 10.1. The van der Waals surface area contributed by atoms with E-state index in [0.29, 0.717) is 23.9 Å². The predicted octanol–water partition coefficient (Wildman–Crippen LogP) is 3.45. The smallest absolute Gasteiger partial charge is 0.358 e. The maximum absolute atomic E-state index is 12.3. The van der Waals surface area contributed by atoms with Crippen LogP contribution < -0.4 is 15.0 Å². The quantitative estimate of drug-likeness (QED) is 0.548. The molecular weight excluding hydrogens is 430 g/mol. The van der Waals surface area contributed by atoms with Gasteiger partial charge in [0, 0.05) is 35.4 Å². The maximum Gasteiger partial charge on any atom is 0.358 e. The molecule has 0 bridgehead atoms. The molecule has 1 aliphatic heterocycles. The van der Waals surface area contributed by atoms with Crippen molar-refractivity contribution in [3.05, 3.63) is 59.6 Å². The first kappa shape index (κ1) is 21.8. The Hall–Kier alpha value is -3.43. The van der Waals surface area contributed by atoms with Crippen LogP contribution in [0.3, 0.4) is 0 Å². The Morgan fingerprint density at radius 2 is 1.81 bits per heavy atom. The molecule has 166 valence electrons. The minimum absolute atomic E-state index is 0.170. The first-order chi connectivity index (χ1) is 15.6. The number of morpholine rings is 1. The maximum atomic E-state index is 12.3. The van der Waals surface area contributed by atoms with Crippen LogP contribution in [0.5, 0.6) is 5.75 Å². The molecule has 1 amide bonds. The summed E-state index contributed by atoms with van der Waals surface area (Å²) in [6.45, 7) is 2.73. The molecule has 0 aliphatic carbocycles. The van der Waals surface area contributed by atoms with Gasteiger partial charge in [0.2, 0.25) is 0 Å². The number of nitrogens with zero attached hydrogens (tertiary/aromatic N) is 2. The van der Waals surface area contributed by atoms with E-state index in [4.69, 9.17) is 14.2 Å². The van der Waals surface area contributed by atoms with E-state index in [-0.39, 0.29) is 12.3 Å². The van der Waals surface area contributed by atoms with Gasteiger partial charge in [0.1, 0.15) is 10.8 Å². The second-order valence-corrected chi connectivity index (χ2v) is 7.90. The molecule has 0 atom stereocenters. The minimum atomic E-state index is -0.640. The van der Waals surface area contributed by atoms with Crippen molar-refractivity contribution >= 4 is 34.6 Å². The molecule has 1 aliphatic rings. The number of methoxy groups -OCH3 is 1. The first-order valence-corrected chi connectivity index (χ1v) is 11.0. The zero-order valence-electron chi connectivity index (χ0n) is 17.6. The zero-order valence-corrected chi connectivity index (χ0v) is 18.4. The molecule has 1 N–H and O–H groups in total. The van der Waals surface area contributed by atoms with Crippen molar-refractivity contribution in [2.45, 2.75) is 0 Å². The number of hydrogen-bond donors (Lipinski definition) is 1. The standard InChI is InChI=1S/C23H23N3O5S/c1-29-19-8-2-16(3-9-19)22-25-20(15-32-22)23(28)31-14-21(27)24-17-4-6-18(7-5-17)26-10-12-30-13-11-26/h2-9,15H,10-14H2,1H3,(H,24,27). The molecule has 9 heteroatoms. The largest absolute Gasteiger partial charge is 0.497 e. The van der Waals surface area contributed by atoms with Crippen LogP contribution in [0.2, 0.25) is 0 Å². The lowest BCUT2D eigenvalue weighted by molar-refractivity contribution is -0.119. The molecule has 0 spiro atoms. The van der Waals surface area contributed by atoms with E-state index < -0.39 is 11.9 Å². The Balaban J connectivity index is 1.27. The fourth-order valence-electron chi connectivity index (χ4n) is 3.21. The summed E-state index contributed by atoms with van der Waals surface area (Å²) >= 11 is 1.33. The number of nitrogens with one attached hydrogen (secondary N) is 1. The normalized spacial score (nSPS) is 13.5. The van der Waals surface area contributed by atoms with Crippen molar-refractivity contribution in [3.63, 3.8) is 0 Å². The van der Waals surface area contributed by atoms with Gasteiger partial charge in [-0.3, -0.25) is 4.79 Å². The number of anilines is 2. The topological polar surface area (TPSA) is 90.0 Å². The average molecular weight is 454 g/mol. The highest BCUT2D eigenvalue weighted by atomic mass is 32.1. The Morgan fingerprint density at radius 1 is 1.09 bits per heavy atom. The molecule has 32 heavy (non-hydrogen) atoms. The van der Waals surface area contributed by atoms with Crippen molar-refractivity contribution in [2.24, 2.45) is 0 Å². The van der Waals surface area contributed by atoms with Crippen LogP contribution in [0, 0.1) is 0 Å². The van der Waals surface area contributed by atoms with Crippen LogP contribution in [0.4, 0.5) is 11.4 Å². The minimum Gasteiger partial charge on any atom is -0.497 e. The fourth-order valence-corrected chi connectivity index (χ4v) is 4.01. The summed E-state index contributed by atoms with van der Waals surface area (Å²) in [5, 5.41) is 5.03. The van der Waals surface area contributed by atoms with Crippen molar-refractivity contribution < 1.29 is 23.8 Å². The number of esters is 1. The fraction of sp³-hybridized carbons (Fsp3) is 0.261. The molecule has 4 rings (SSSR count). The predicted molar refractivity (Wildman–Crippen MR) is 122 cm³/mol. The molecule has 0 saturated carbocycles. The van der Waals surface area contributed by atoms with Gasteiger partial charge >= 0.3 is 5.97 Å². The molecule has 0 radical (unpaired) electrons. The number of carbonyl (C=O) groups is 2. The highest BCUT2D eigenvalue weighted by molar-refractivity contribution is 7.13. The molecule has 0 unspecified atom stereocenters. The van der Waals surface area contributed by atoms with Gasteiger partial charge in [-0.05, 0) is 48.5 Å². The van der Waals surface area contributed by atoms with Gasteiger partial charge < -0.3 is 24.4 Å². The molecule has 2 aromatic carbocycles. The SMILES string of the molecule is COc1ccc(-c2nc(C(=O)OCC(=O)Nc3ccc(N4CCOCC4)cc3)cs2)cc1. The Labute approximate surface area is 189 Å². The number of ether oxygens (including phenoxy) is 3. The second kappa shape index (κ2) is 10.3. The van der Waals surface area contributed by atoms with Crippen LogP contribution in [0.15, 0.2) is 53.9 Å².